The summed E-state index contributed by atoms with van der Waals surface area (Å²) in [6.45, 7) is 3.05. The van der Waals surface area contributed by atoms with E-state index in [4.69, 9.17) is 0 Å². The predicted octanol–water partition coefficient (Wildman–Crippen LogP) is 1.03. The van der Waals surface area contributed by atoms with Crippen molar-refractivity contribution < 1.29 is 8.42 Å². The molecule has 1 atom stereocenters. The van der Waals surface area contributed by atoms with Gasteiger partial charge >= 0.3 is 0 Å². The first kappa shape index (κ1) is 15.2. The van der Waals surface area contributed by atoms with Crippen molar-refractivity contribution >= 4 is 21.4 Å². The van der Waals surface area contributed by atoms with Gasteiger partial charge in [0.2, 0.25) is 10.0 Å². The largest absolute Gasteiger partial charge is 0.336 e. The van der Waals surface area contributed by atoms with Gasteiger partial charge < -0.3 is 9.88 Å². The van der Waals surface area contributed by atoms with Crippen molar-refractivity contribution in [2.45, 2.75) is 30.3 Å². The predicted molar refractivity (Wildman–Crippen MR) is 79.1 cm³/mol. The van der Waals surface area contributed by atoms with Crippen molar-refractivity contribution in [1.29, 1.82) is 0 Å². The van der Waals surface area contributed by atoms with Crippen molar-refractivity contribution in [3.05, 3.63) is 35.7 Å². The van der Waals surface area contributed by atoms with Crippen LogP contribution in [0.5, 0.6) is 0 Å². The second-order valence-corrected chi connectivity index (χ2v) is 7.64. The Hall–Kier alpha value is -1.22. The Morgan fingerprint density at radius 3 is 2.90 bits per heavy atom. The summed E-state index contributed by atoms with van der Waals surface area (Å²) in [5, 5.41) is 3.00. The standard InChI is InChI=1S/C12H18N4O2S2/c1-10(8-16-6-5-14-9-16)15-20(17,18)12-4-3-11(19-12)7-13-2/h3-6,9-10,13,15H,7-8H2,1-2H3. The summed E-state index contributed by atoms with van der Waals surface area (Å²) < 4.78 is 29.4. The zero-order valence-electron chi connectivity index (χ0n) is 11.4. The van der Waals surface area contributed by atoms with Crippen LogP contribution < -0.4 is 10.0 Å². The van der Waals surface area contributed by atoms with E-state index in [9.17, 15) is 8.42 Å². The number of aromatic nitrogens is 2. The monoisotopic (exact) mass is 314 g/mol. The number of hydrogen-bond donors (Lipinski definition) is 2. The molecule has 0 aliphatic carbocycles. The first-order valence-electron chi connectivity index (χ1n) is 6.22. The minimum atomic E-state index is -3.45. The highest BCUT2D eigenvalue weighted by molar-refractivity contribution is 7.91. The van der Waals surface area contributed by atoms with Crippen LogP contribution >= 0.6 is 11.3 Å². The maximum Gasteiger partial charge on any atom is 0.250 e. The lowest BCUT2D eigenvalue weighted by Crippen LogP contribution is -2.35. The maximum atomic E-state index is 12.2. The van der Waals surface area contributed by atoms with E-state index in [0.29, 0.717) is 17.3 Å². The summed E-state index contributed by atoms with van der Waals surface area (Å²) >= 11 is 1.28. The van der Waals surface area contributed by atoms with Gasteiger partial charge in [0.15, 0.2) is 0 Å². The second-order valence-electron chi connectivity index (χ2n) is 4.53. The fourth-order valence-corrected chi connectivity index (χ4v) is 4.46. The van der Waals surface area contributed by atoms with Crippen LogP contribution in [0.4, 0.5) is 0 Å². The van der Waals surface area contributed by atoms with E-state index in [0.717, 1.165) is 4.88 Å². The number of imidazole rings is 1. The minimum absolute atomic E-state index is 0.205. The Labute approximate surface area is 122 Å². The molecule has 2 N–H and O–H groups in total. The lowest BCUT2D eigenvalue weighted by Gasteiger charge is -2.13. The van der Waals surface area contributed by atoms with Crippen LogP contribution in [-0.4, -0.2) is 31.1 Å². The van der Waals surface area contributed by atoms with E-state index >= 15 is 0 Å². The number of hydrogen-bond acceptors (Lipinski definition) is 5. The van der Waals surface area contributed by atoms with Crippen LogP contribution in [0, 0.1) is 0 Å². The van der Waals surface area contributed by atoms with Gasteiger partial charge in [-0.15, -0.1) is 11.3 Å². The fourth-order valence-electron chi connectivity index (χ4n) is 1.84. The van der Waals surface area contributed by atoms with E-state index in [1.54, 1.807) is 24.8 Å². The van der Waals surface area contributed by atoms with Crippen LogP contribution in [0.3, 0.4) is 0 Å². The molecule has 0 aliphatic rings. The maximum absolute atomic E-state index is 12.2. The molecule has 0 saturated heterocycles. The zero-order valence-corrected chi connectivity index (χ0v) is 13.0. The topological polar surface area (TPSA) is 76.0 Å². The second kappa shape index (κ2) is 6.49. The Balaban J connectivity index is 2.02. The van der Waals surface area contributed by atoms with Gasteiger partial charge in [-0.2, -0.15) is 0 Å². The third kappa shape index (κ3) is 3.89. The van der Waals surface area contributed by atoms with E-state index in [1.165, 1.54) is 11.3 Å². The molecule has 110 valence electrons. The molecule has 0 spiro atoms. The summed E-state index contributed by atoms with van der Waals surface area (Å²) in [6, 6.07) is 3.27. The quantitative estimate of drug-likeness (QED) is 0.800. The fraction of sp³-hybridized carbons (Fsp3) is 0.417. The third-order valence-electron chi connectivity index (χ3n) is 2.65. The molecule has 0 saturated carbocycles. The molecule has 2 heterocycles. The molecular formula is C12H18N4O2S2. The molecular weight excluding hydrogens is 296 g/mol. The van der Waals surface area contributed by atoms with Gasteiger partial charge in [0.05, 0.1) is 6.33 Å². The van der Waals surface area contributed by atoms with Crippen LogP contribution in [0.25, 0.3) is 0 Å². The van der Waals surface area contributed by atoms with E-state index in [2.05, 4.69) is 15.0 Å². The van der Waals surface area contributed by atoms with Gasteiger partial charge in [-0.3, -0.25) is 0 Å². The highest BCUT2D eigenvalue weighted by atomic mass is 32.2. The van der Waals surface area contributed by atoms with Crippen LogP contribution in [0.15, 0.2) is 35.1 Å². The molecule has 0 bridgehead atoms. The lowest BCUT2D eigenvalue weighted by molar-refractivity contribution is 0.521. The number of nitrogens with one attached hydrogen (secondary N) is 2. The van der Waals surface area contributed by atoms with Crippen LogP contribution in [0.1, 0.15) is 11.8 Å². The summed E-state index contributed by atoms with van der Waals surface area (Å²) in [5.41, 5.74) is 0. The van der Waals surface area contributed by atoms with Crippen molar-refractivity contribution in [2.24, 2.45) is 0 Å². The van der Waals surface area contributed by atoms with Crippen molar-refractivity contribution in [2.75, 3.05) is 7.05 Å². The third-order valence-corrected chi connectivity index (χ3v) is 5.82. The van der Waals surface area contributed by atoms with E-state index < -0.39 is 10.0 Å². The molecule has 0 aliphatic heterocycles. The van der Waals surface area contributed by atoms with Crippen LogP contribution in [-0.2, 0) is 23.1 Å². The smallest absolute Gasteiger partial charge is 0.250 e. The molecule has 2 rings (SSSR count). The summed E-state index contributed by atoms with van der Waals surface area (Å²) in [5.74, 6) is 0. The van der Waals surface area contributed by atoms with Gasteiger partial charge in [0.25, 0.3) is 0 Å². The van der Waals surface area contributed by atoms with Gasteiger partial charge in [-0.1, -0.05) is 0 Å². The average molecular weight is 314 g/mol. The summed E-state index contributed by atoms with van der Waals surface area (Å²) in [6.07, 6.45) is 5.15. The van der Waals surface area contributed by atoms with Crippen LogP contribution in [0.2, 0.25) is 0 Å². The highest BCUT2D eigenvalue weighted by Crippen LogP contribution is 2.21. The molecule has 1 unspecified atom stereocenters. The lowest BCUT2D eigenvalue weighted by atomic mass is 10.4. The van der Waals surface area contributed by atoms with Gasteiger partial charge in [-0.25, -0.2) is 18.1 Å². The molecule has 0 aromatic carbocycles. The Morgan fingerprint density at radius 2 is 2.25 bits per heavy atom. The minimum Gasteiger partial charge on any atom is -0.336 e. The SMILES string of the molecule is CNCc1ccc(S(=O)(=O)NC(C)Cn2ccnc2)s1. The molecule has 0 amide bonds. The average Bonchev–Trinajstić information content (AvgIpc) is 3.00. The highest BCUT2D eigenvalue weighted by Gasteiger charge is 2.19. The molecule has 2 aromatic heterocycles. The van der Waals surface area contributed by atoms with Gasteiger partial charge in [-0.05, 0) is 26.1 Å². The molecule has 2 aromatic rings. The number of thiophene rings is 1. The molecule has 6 nitrogen and oxygen atoms in total. The molecule has 8 heteroatoms. The van der Waals surface area contributed by atoms with Gasteiger partial charge in [0, 0.05) is 36.4 Å². The van der Waals surface area contributed by atoms with Gasteiger partial charge in [0.1, 0.15) is 4.21 Å². The first-order valence-corrected chi connectivity index (χ1v) is 8.52. The van der Waals surface area contributed by atoms with Crippen molar-refractivity contribution in [3.63, 3.8) is 0 Å². The molecule has 0 fully saturated rings. The normalized spacial score (nSPS) is 13.5. The number of sulfonamides is 1. The Kier molecular flexibility index (Phi) is 4.92. The van der Waals surface area contributed by atoms with Crippen molar-refractivity contribution in [3.8, 4) is 0 Å². The molecule has 0 radical (unpaired) electrons. The zero-order chi connectivity index (χ0) is 14.6. The van der Waals surface area contributed by atoms with Crippen molar-refractivity contribution in [1.82, 2.24) is 19.6 Å². The summed E-state index contributed by atoms with van der Waals surface area (Å²) in [7, 11) is -1.62. The Morgan fingerprint density at radius 1 is 1.45 bits per heavy atom. The molecule has 20 heavy (non-hydrogen) atoms. The first-order chi connectivity index (χ1) is 9.51. The van der Waals surface area contributed by atoms with E-state index in [-0.39, 0.29) is 6.04 Å². The summed E-state index contributed by atoms with van der Waals surface area (Å²) in [4.78, 5) is 4.93. The number of nitrogens with zero attached hydrogens (tertiary/aromatic N) is 2. The van der Waals surface area contributed by atoms with E-state index in [1.807, 2.05) is 24.6 Å². The Bertz CT molecular complexity index is 634. The number of rotatable bonds is 7.